The molecule has 1 aromatic carbocycles. The molecular weight excluding hydrogens is 256 g/mol. The van der Waals surface area contributed by atoms with E-state index in [4.69, 9.17) is 15.7 Å². The first-order valence-corrected chi connectivity index (χ1v) is 6.31. The van der Waals surface area contributed by atoms with Gasteiger partial charge in [-0.05, 0) is 12.1 Å². The molecule has 0 radical (unpaired) electrons. The number of carbonyl (C=O) groups excluding carboxylic acids is 1. The first-order chi connectivity index (χ1) is 9.72. The molecule has 1 amide bonds. The second kappa shape index (κ2) is 6.59. The summed E-state index contributed by atoms with van der Waals surface area (Å²) in [5.74, 6) is -0.299. The van der Waals surface area contributed by atoms with E-state index in [0.29, 0.717) is 32.0 Å². The predicted molar refractivity (Wildman–Crippen MR) is 74.3 cm³/mol. The van der Waals surface area contributed by atoms with Gasteiger partial charge in [-0.2, -0.15) is 5.26 Å². The minimum Gasteiger partial charge on any atom is -0.384 e. The predicted octanol–water partition coefficient (Wildman–Crippen LogP) is 0.651. The maximum atomic E-state index is 12.1. The summed E-state index contributed by atoms with van der Waals surface area (Å²) in [7, 11) is 0. The molecule has 6 nitrogen and oxygen atoms in total. The quantitative estimate of drug-likeness (QED) is 0.622. The van der Waals surface area contributed by atoms with Gasteiger partial charge in [-0.15, -0.1) is 0 Å². The number of carbonyl (C=O) groups is 1. The first kappa shape index (κ1) is 13.9. The summed E-state index contributed by atoms with van der Waals surface area (Å²) in [5.41, 5.74) is 6.48. The zero-order chi connectivity index (χ0) is 14.4. The molecule has 1 aromatic rings. The number of nitrogens with zero attached hydrogens (tertiary/aromatic N) is 2. The Bertz CT molecular complexity index is 542. The highest BCUT2D eigenvalue weighted by Crippen LogP contribution is 2.11. The lowest BCUT2D eigenvalue weighted by atomic mass is 10.2. The monoisotopic (exact) mass is 272 g/mol. The Balaban J connectivity index is 2.14. The summed E-state index contributed by atoms with van der Waals surface area (Å²) < 4.78 is 5.22. The van der Waals surface area contributed by atoms with Gasteiger partial charge in [-0.1, -0.05) is 18.2 Å². The largest absolute Gasteiger partial charge is 0.384 e. The number of nitrogens with one attached hydrogen (secondary N) is 1. The van der Waals surface area contributed by atoms with Crippen LogP contribution < -0.4 is 11.1 Å². The summed E-state index contributed by atoms with van der Waals surface area (Å²) in [5, 5.41) is 11.8. The van der Waals surface area contributed by atoms with Gasteiger partial charge >= 0.3 is 0 Å². The van der Waals surface area contributed by atoms with Crippen molar-refractivity contribution in [1.82, 2.24) is 4.90 Å². The Morgan fingerprint density at radius 2 is 1.95 bits per heavy atom. The van der Waals surface area contributed by atoms with Gasteiger partial charge in [0.25, 0.3) is 5.91 Å². The summed E-state index contributed by atoms with van der Waals surface area (Å²) in [6.45, 7) is 2.24. The molecule has 0 aromatic heterocycles. The van der Waals surface area contributed by atoms with Crippen molar-refractivity contribution in [2.75, 3.05) is 31.6 Å². The van der Waals surface area contributed by atoms with Crippen LogP contribution in [0.15, 0.2) is 41.7 Å². The van der Waals surface area contributed by atoms with Crippen LogP contribution >= 0.6 is 0 Å². The van der Waals surface area contributed by atoms with E-state index < -0.39 is 5.91 Å². The molecule has 0 aliphatic carbocycles. The molecule has 1 saturated heterocycles. The lowest BCUT2D eigenvalue weighted by molar-refractivity contribution is -0.112. The van der Waals surface area contributed by atoms with Crippen molar-refractivity contribution < 1.29 is 9.53 Å². The molecule has 1 heterocycles. The molecule has 0 atom stereocenters. The number of para-hydroxylation sites is 1. The van der Waals surface area contributed by atoms with E-state index in [1.54, 1.807) is 29.2 Å². The Morgan fingerprint density at radius 3 is 2.55 bits per heavy atom. The number of benzene rings is 1. The molecule has 104 valence electrons. The normalized spacial score (nSPS) is 16.1. The number of ether oxygens (including phenoxy) is 1. The van der Waals surface area contributed by atoms with Crippen LogP contribution in [0.4, 0.5) is 5.69 Å². The van der Waals surface area contributed by atoms with Gasteiger partial charge in [0.15, 0.2) is 5.57 Å². The Kier molecular flexibility index (Phi) is 4.58. The standard InChI is InChI=1S/C14H16N4O2/c15-10-12(13(16)18-6-8-20-9-7-18)14(19)17-11-4-2-1-3-5-11/h1-5H,6-9,16H2,(H,17,19)/b13-12+. The van der Waals surface area contributed by atoms with Crippen molar-refractivity contribution in [3.05, 3.63) is 41.7 Å². The van der Waals surface area contributed by atoms with Gasteiger partial charge < -0.3 is 20.7 Å². The Labute approximate surface area is 117 Å². The summed E-state index contributed by atoms with van der Waals surface area (Å²) in [6, 6.07) is 10.8. The molecular formula is C14H16N4O2. The number of hydrogen-bond acceptors (Lipinski definition) is 5. The molecule has 20 heavy (non-hydrogen) atoms. The molecule has 2 rings (SSSR count). The van der Waals surface area contributed by atoms with Crippen LogP contribution in [0.1, 0.15) is 0 Å². The zero-order valence-electron chi connectivity index (χ0n) is 11.0. The number of nitriles is 1. The Hall–Kier alpha value is -2.52. The summed E-state index contributed by atoms with van der Waals surface area (Å²) in [4.78, 5) is 13.9. The average molecular weight is 272 g/mol. The van der Waals surface area contributed by atoms with Gasteiger partial charge in [0, 0.05) is 18.8 Å². The SMILES string of the molecule is N#C/C(C(=O)Nc1ccccc1)=C(/N)N1CCOCC1. The van der Waals surface area contributed by atoms with Crippen molar-refractivity contribution in [3.8, 4) is 6.07 Å². The van der Waals surface area contributed by atoms with E-state index in [1.807, 2.05) is 12.1 Å². The minimum atomic E-state index is -0.498. The van der Waals surface area contributed by atoms with Crippen LogP contribution in [0, 0.1) is 11.3 Å². The number of rotatable bonds is 3. The molecule has 3 N–H and O–H groups in total. The number of amides is 1. The van der Waals surface area contributed by atoms with Gasteiger partial charge in [0.1, 0.15) is 11.9 Å². The van der Waals surface area contributed by atoms with Gasteiger partial charge in [0.2, 0.25) is 0 Å². The van der Waals surface area contributed by atoms with Crippen molar-refractivity contribution in [3.63, 3.8) is 0 Å². The molecule has 1 aliphatic heterocycles. The third-order valence-corrected chi connectivity index (χ3v) is 2.98. The lowest BCUT2D eigenvalue weighted by Gasteiger charge is -2.29. The fraction of sp³-hybridized carbons (Fsp3) is 0.286. The first-order valence-electron chi connectivity index (χ1n) is 6.31. The van der Waals surface area contributed by atoms with Crippen LogP contribution in [0.5, 0.6) is 0 Å². The van der Waals surface area contributed by atoms with Crippen LogP contribution in [-0.2, 0) is 9.53 Å². The van der Waals surface area contributed by atoms with Gasteiger partial charge in [0.05, 0.1) is 13.2 Å². The van der Waals surface area contributed by atoms with Crippen LogP contribution in [0.2, 0.25) is 0 Å². The van der Waals surface area contributed by atoms with Gasteiger partial charge in [-0.25, -0.2) is 0 Å². The lowest BCUT2D eigenvalue weighted by Crippen LogP contribution is -2.40. The topological polar surface area (TPSA) is 91.4 Å². The molecule has 6 heteroatoms. The smallest absolute Gasteiger partial charge is 0.270 e. The summed E-state index contributed by atoms with van der Waals surface area (Å²) in [6.07, 6.45) is 0. The number of nitrogens with two attached hydrogens (primary N) is 1. The number of hydrogen-bond donors (Lipinski definition) is 2. The molecule has 0 unspecified atom stereocenters. The third kappa shape index (κ3) is 3.28. The van der Waals surface area contributed by atoms with Crippen LogP contribution in [0.25, 0.3) is 0 Å². The zero-order valence-corrected chi connectivity index (χ0v) is 11.0. The molecule has 1 fully saturated rings. The average Bonchev–Trinajstić information content (AvgIpc) is 2.49. The van der Waals surface area contributed by atoms with Crippen molar-refractivity contribution in [2.45, 2.75) is 0 Å². The summed E-state index contributed by atoms with van der Waals surface area (Å²) >= 11 is 0. The maximum absolute atomic E-state index is 12.1. The highest BCUT2D eigenvalue weighted by Gasteiger charge is 2.20. The van der Waals surface area contributed by atoms with Crippen molar-refractivity contribution >= 4 is 11.6 Å². The number of morpholine rings is 1. The second-order valence-electron chi connectivity index (χ2n) is 4.29. The molecule has 1 aliphatic rings. The van der Waals surface area contributed by atoms with Crippen molar-refractivity contribution in [2.24, 2.45) is 5.73 Å². The van der Waals surface area contributed by atoms with E-state index in [-0.39, 0.29) is 11.4 Å². The number of anilines is 1. The fourth-order valence-electron chi connectivity index (χ4n) is 1.90. The maximum Gasteiger partial charge on any atom is 0.270 e. The molecule has 0 bridgehead atoms. The fourth-order valence-corrected chi connectivity index (χ4v) is 1.90. The second-order valence-corrected chi connectivity index (χ2v) is 4.29. The van der Waals surface area contributed by atoms with E-state index in [2.05, 4.69) is 5.32 Å². The van der Waals surface area contributed by atoms with E-state index in [0.717, 1.165) is 0 Å². The van der Waals surface area contributed by atoms with E-state index in [1.165, 1.54) is 0 Å². The van der Waals surface area contributed by atoms with Crippen LogP contribution in [0.3, 0.4) is 0 Å². The van der Waals surface area contributed by atoms with E-state index >= 15 is 0 Å². The van der Waals surface area contributed by atoms with Crippen LogP contribution in [-0.4, -0.2) is 37.1 Å². The third-order valence-electron chi connectivity index (χ3n) is 2.98. The highest BCUT2D eigenvalue weighted by atomic mass is 16.5. The molecule has 0 spiro atoms. The molecule has 0 saturated carbocycles. The van der Waals surface area contributed by atoms with Gasteiger partial charge in [-0.3, -0.25) is 4.79 Å². The van der Waals surface area contributed by atoms with Crippen molar-refractivity contribution in [1.29, 1.82) is 5.26 Å². The van der Waals surface area contributed by atoms with E-state index in [9.17, 15) is 4.79 Å². The minimum absolute atomic E-state index is 0.0734. The Morgan fingerprint density at radius 1 is 1.30 bits per heavy atom. The highest BCUT2D eigenvalue weighted by molar-refractivity contribution is 6.06.